The first-order valence-electron chi connectivity index (χ1n) is 8.04. The van der Waals surface area contributed by atoms with Gasteiger partial charge < -0.3 is 5.32 Å². The van der Waals surface area contributed by atoms with E-state index < -0.39 is 0 Å². The minimum atomic E-state index is -0.228. The number of halogens is 1. The molecule has 4 aromatic rings. The van der Waals surface area contributed by atoms with Gasteiger partial charge in [0, 0.05) is 18.9 Å². The Labute approximate surface area is 161 Å². The molecule has 4 heterocycles. The van der Waals surface area contributed by atoms with Crippen molar-refractivity contribution in [1.82, 2.24) is 29.7 Å². The molecule has 0 radical (unpaired) electrons. The Morgan fingerprint density at radius 2 is 2.27 bits per heavy atom. The molecule has 1 N–H and O–H groups in total. The average molecular weight is 431 g/mol. The van der Waals surface area contributed by atoms with Gasteiger partial charge in [-0.25, -0.2) is 9.50 Å². The number of rotatable bonds is 5. The van der Waals surface area contributed by atoms with Crippen molar-refractivity contribution in [2.24, 2.45) is 0 Å². The summed E-state index contributed by atoms with van der Waals surface area (Å²) in [5.74, 6) is -0.228. The van der Waals surface area contributed by atoms with Crippen LogP contribution in [0.1, 0.15) is 23.0 Å². The van der Waals surface area contributed by atoms with Crippen LogP contribution in [0.3, 0.4) is 0 Å². The first-order valence-corrected chi connectivity index (χ1v) is 9.71. The SMILES string of the molecule is CCn1cc(Br)c(CNC(=O)c2cnn3c(-c4cccs4)ccnc23)n1. The van der Waals surface area contributed by atoms with Crippen LogP contribution < -0.4 is 5.32 Å². The van der Waals surface area contributed by atoms with Crippen LogP contribution in [0.4, 0.5) is 0 Å². The molecule has 7 nitrogen and oxygen atoms in total. The van der Waals surface area contributed by atoms with E-state index in [9.17, 15) is 4.79 Å². The Morgan fingerprint density at radius 1 is 1.38 bits per heavy atom. The Bertz CT molecular complexity index is 1070. The summed E-state index contributed by atoms with van der Waals surface area (Å²) in [5.41, 5.74) is 2.67. The van der Waals surface area contributed by atoms with E-state index in [1.165, 1.54) is 0 Å². The molecule has 0 spiro atoms. The van der Waals surface area contributed by atoms with Crippen LogP contribution in [0, 0.1) is 0 Å². The first kappa shape index (κ1) is 16.9. The summed E-state index contributed by atoms with van der Waals surface area (Å²) in [5, 5.41) is 13.7. The van der Waals surface area contributed by atoms with Crippen molar-refractivity contribution < 1.29 is 4.79 Å². The normalized spacial score (nSPS) is 11.2. The third-order valence-corrected chi connectivity index (χ3v) is 5.50. The first-order chi connectivity index (χ1) is 12.7. The molecule has 132 valence electrons. The summed E-state index contributed by atoms with van der Waals surface area (Å²) in [4.78, 5) is 18.0. The summed E-state index contributed by atoms with van der Waals surface area (Å²) in [6.45, 7) is 3.11. The lowest BCUT2D eigenvalue weighted by Gasteiger charge is -2.04. The van der Waals surface area contributed by atoms with E-state index in [-0.39, 0.29) is 5.91 Å². The molecule has 9 heteroatoms. The van der Waals surface area contributed by atoms with Crippen LogP contribution in [-0.2, 0) is 13.1 Å². The van der Waals surface area contributed by atoms with E-state index in [1.807, 2.05) is 41.4 Å². The van der Waals surface area contributed by atoms with E-state index in [1.54, 1.807) is 28.2 Å². The van der Waals surface area contributed by atoms with Gasteiger partial charge in [-0.1, -0.05) is 6.07 Å². The minimum Gasteiger partial charge on any atom is -0.346 e. The zero-order chi connectivity index (χ0) is 18.1. The summed E-state index contributed by atoms with van der Waals surface area (Å²) in [7, 11) is 0. The van der Waals surface area contributed by atoms with Crippen LogP contribution in [0.15, 0.2) is 46.6 Å². The van der Waals surface area contributed by atoms with Gasteiger partial charge in [0.15, 0.2) is 5.65 Å². The largest absolute Gasteiger partial charge is 0.346 e. The number of aromatic nitrogens is 5. The van der Waals surface area contributed by atoms with Crippen LogP contribution >= 0.6 is 27.3 Å². The van der Waals surface area contributed by atoms with Crippen molar-refractivity contribution in [2.75, 3.05) is 0 Å². The van der Waals surface area contributed by atoms with Crippen LogP contribution in [-0.4, -0.2) is 30.3 Å². The number of nitrogens with zero attached hydrogens (tertiary/aromatic N) is 5. The van der Waals surface area contributed by atoms with E-state index in [2.05, 4.69) is 36.4 Å². The predicted octanol–water partition coefficient (Wildman–Crippen LogP) is 3.37. The van der Waals surface area contributed by atoms with E-state index >= 15 is 0 Å². The summed E-state index contributed by atoms with van der Waals surface area (Å²) in [6.07, 6.45) is 5.14. The van der Waals surface area contributed by atoms with Gasteiger partial charge in [0.05, 0.1) is 33.5 Å². The molecule has 0 aliphatic carbocycles. The van der Waals surface area contributed by atoms with Crippen molar-refractivity contribution in [3.63, 3.8) is 0 Å². The molecule has 0 atom stereocenters. The maximum Gasteiger partial charge on any atom is 0.257 e. The van der Waals surface area contributed by atoms with E-state index in [0.29, 0.717) is 17.8 Å². The third kappa shape index (κ3) is 3.04. The molecule has 4 aromatic heterocycles. The zero-order valence-corrected chi connectivity index (χ0v) is 16.3. The monoisotopic (exact) mass is 430 g/mol. The molecule has 0 aliphatic heterocycles. The van der Waals surface area contributed by atoms with Crippen molar-refractivity contribution in [3.05, 3.63) is 57.9 Å². The highest BCUT2D eigenvalue weighted by atomic mass is 79.9. The third-order valence-electron chi connectivity index (χ3n) is 3.95. The number of nitrogens with one attached hydrogen (secondary N) is 1. The lowest BCUT2D eigenvalue weighted by Crippen LogP contribution is -2.23. The summed E-state index contributed by atoms with van der Waals surface area (Å²) >= 11 is 5.08. The Hall–Kier alpha value is -2.52. The number of hydrogen-bond acceptors (Lipinski definition) is 5. The second kappa shape index (κ2) is 7.00. The maximum atomic E-state index is 12.6. The molecule has 1 amide bonds. The van der Waals surface area contributed by atoms with Gasteiger partial charge in [-0.3, -0.25) is 9.48 Å². The molecule has 26 heavy (non-hydrogen) atoms. The summed E-state index contributed by atoms with van der Waals surface area (Å²) in [6, 6.07) is 5.89. The second-order valence-electron chi connectivity index (χ2n) is 5.56. The smallest absolute Gasteiger partial charge is 0.257 e. The number of hydrogen-bond donors (Lipinski definition) is 1. The number of carbonyl (C=O) groups is 1. The van der Waals surface area contributed by atoms with Crippen LogP contribution in [0.5, 0.6) is 0 Å². The Morgan fingerprint density at radius 3 is 3.00 bits per heavy atom. The minimum absolute atomic E-state index is 0.228. The molecular formula is C17H15BrN6OS. The van der Waals surface area contributed by atoms with E-state index in [0.717, 1.165) is 27.3 Å². The van der Waals surface area contributed by atoms with Gasteiger partial charge in [0.25, 0.3) is 5.91 Å². The molecule has 0 aromatic carbocycles. The fourth-order valence-electron chi connectivity index (χ4n) is 2.64. The van der Waals surface area contributed by atoms with Crippen molar-refractivity contribution >= 4 is 38.8 Å². The fourth-order valence-corrected chi connectivity index (χ4v) is 3.83. The Balaban J connectivity index is 1.59. The predicted molar refractivity (Wildman–Crippen MR) is 103 cm³/mol. The molecule has 0 saturated heterocycles. The van der Waals surface area contributed by atoms with Gasteiger partial charge in [-0.2, -0.15) is 10.2 Å². The number of amides is 1. The highest BCUT2D eigenvalue weighted by molar-refractivity contribution is 9.10. The Kier molecular flexibility index (Phi) is 4.56. The molecule has 0 unspecified atom stereocenters. The fraction of sp³-hybridized carbons (Fsp3) is 0.176. The topological polar surface area (TPSA) is 77.1 Å². The molecular weight excluding hydrogens is 416 g/mol. The quantitative estimate of drug-likeness (QED) is 0.526. The van der Waals surface area contributed by atoms with E-state index in [4.69, 9.17) is 0 Å². The van der Waals surface area contributed by atoms with Gasteiger partial charge in [0.2, 0.25) is 0 Å². The standard InChI is InChI=1S/C17H15BrN6OS/c1-2-23-10-12(18)13(22-23)9-20-17(25)11-8-21-24-14(5-6-19-16(11)24)15-4-3-7-26-15/h3-8,10H,2,9H2,1H3,(H,20,25). The van der Waals surface area contributed by atoms with Crippen LogP contribution in [0.25, 0.3) is 16.2 Å². The van der Waals surface area contributed by atoms with Gasteiger partial charge in [0.1, 0.15) is 5.56 Å². The molecule has 0 bridgehead atoms. The maximum absolute atomic E-state index is 12.6. The van der Waals surface area contributed by atoms with Crippen molar-refractivity contribution in [2.45, 2.75) is 20.0 Å². The highest BCUT2D eigenvalue weighted by Crippen LogP contribution is 2.25. The van der Waals surface area contributed by atoms with Gasteiger partial charge in [-0.05, 0) is 40.4 Å². The lowest BCUT2D eigenvalue weighted by atomic mass is 10.3. The molecule has 4 rings (SSSR count). The second-order valence-corrected chi connectivity index (χ2v) is 7.37. The molecule has 0 aliphatic rings. The number of thiophene rings is 1. The lowest BCUT2D eigenvalue weighted by molar-refractivity contribution is 0.0951. The summed E-state index contributed by atoms with van der Waals surface area (Å²) < 4.78 is 4.38. The molecule has 0 saturated carbocycles. The van der Waals surface area contributed by atoms with Crippen molar-refractivity contribution in [3.8, 4) is 10.6 Å². The number of fused-ring (bicyclic) bond motifs is 1. The van der Waals surface area contributed by atoms with Gasteiger partial charge >= 0.3 is 0 Å². The highest BCUT2D eigenvalue weighted by Gasteiger charge is 2.17. The zero-order valence-electron chi connectivity index (χ0n) is 13.9. The van der Waals surface area contributed by atoms with Crippen molar-refractivity contribution in [1.29, 1.82) is 0 Å². The van der Waals surface area contributed by atoms with Gasteiger partial charge in [-0.15, -0.1) is 11.3 Å². The molecule has 0 fully saturated rings. The average Bonchev–Trinajstić information content (AvgIpc) is 3.38. The van der Waals surface area contributed by atoms with Crippen LogP contribution in [0.2, 0.25) is 0 Å². The number of carbonyl (C=O) groups excluding carboxylic acids is 1. The number of aryl methyl sites for hydroxylation is 1.